The van der Waals surface area contributed by atoms with Gasteiger partial charge in [-0.1, -0.05) is 31.1 Å². The van der Waals surface area contributed by atoms with Crippen LogP contribution in [0.25, 0.3) is 0 Å². The highest BCUT2D eigenvalue weighted by atomic mass is 33.1. The Balaban J connectivity index is 2.05. The summed E-state index contributed by atoms with van der Waals surface area (Å²) in [4.78, 5) is 0. The third kappa shape index (κ3) is 4.28. The number of hydrogen-bond acceptors (Lipinski definition) is 3. The van der Waals surface area contributed by atoms with Gasteiger partial charge in [0.15, 0.2) is 0 Å². The van der Waals surface area contributed by atoms with E-state index in [1.807, 2.05) is 21.8 Å². The Morgan fingerprint density at radius 1 is 1.09 bits per heavy atom. The van der Waals surface area contributed by atoms with Crippen LogP contribution in [0.2, 0.25) is 0 Å². The summed E-state index contributed by atoms with van der Waals surface area (Å²) in [7, 11) is 3.94. The van der Waals surface area contributed by atoms with E-state index in [0.29, 0.717) is 0 Å². The van der Waals surface area contributed by atoms with Crippen molar-refractivity contribution in [3.05, 3.63) is 0 Å². The fourth-order valence-electron chi connectivity index (χ4n) is 1.09. The molecule has 1 heterocycles. The van der Waals surface area contributed by atoms with Crippen LogP contribution in [0, 0.1) is 0 Å². The zero-order valence-electron chi connectivity index (χ0n) is 7.38. The number of hydrogen-bond donors (Lipinski definition) is 0. The summed E-state index contributed by atoms with van der Waals surface area (Å²) in [6.45, 7) is 7.10. The van der Waals surface area contributed by atoms with Crippen LogP contribution in [0.5, 0.6) is 0 Å². The normalized spacial score (nSPS) is 21.0. The lowest BCUT2D eigenvalue weighted by Gasteiger charge is -2.24. The summed E-state index contributed by atoms with van der Waals surface area (Å²) in [5, 5.41) is 0.752. The van der Waals surface area contributed by atoms with Crippen molar-refractivity contribution in [1.29, 1.82) is 0 Å². The van der Waals surface area contributed by atoms with Gasteiger partial charge in [0.2, 0.25) is 0 Å². The molecule has 0 amide bonds. The molecule has 0 aromatic carbocycles. The van der Waals surface area contributed by atoms with Gasteiger partial charge in [-0.3, -0.25) is 0 Å². The molecule has 0 spiro atoms. The van der Waals surface area contributed by atoms with Crippen LogP contribution in [-0.2, 0) is 0 Å². The van der Waals surface area contributed by atoms with Gasteiger partial charge < -0.3 is 0 Å². The second-order valence-electron chi connectivity index (χ2n) is 3.21. The molecule has 66 valence electrons. The Bertz CT molecular complexity index is 100. The molecule has 0 aromatic heterocycles. The van der Waals surface area contributed by atoms with E-state index in [0.717, 1.165) is 5.25 Å². The van der Waals surface area contributed by atoms with Crippen molar-refractivity contribution in [3.8, 4) is 0 Å². The van der Waals surface area contributed by atoms with Gasteiger partial charge in [-0.25, -0.2) is 4.31 Å². The first kappa shape index (κ1) is 9.75. The molecule has 0 unspecified atom stereocenters. The van der Waals surface area contributed by atoms with E-state index in [1.54, 1.807) is 0 Å². The molecular weight excluding hydrogens is 174 g/mol. The smallest absolute Gasteiger partial charge is 0.0107 e. The van der Waals surface area contributed by atoms with E-state index in [9.17, 15) is 0 Å². The summed E-state index contributed by atoms with van der Waals surface area (Å²) >= 11 is 0. The lowest BCUT2D eigenvalue weighted by Crippen LogP contribution is -2.22. The van der Waals surface area contributed by atoms with Crippen LogP contribution in [0.3, 0.4) is 0 Å². The Morgan fingerprint density at radius 3 is 2.27 bits per heavy atom. The maximum atomic E-state index is 2.49. The van der Waals surface area contributed by atoms with Crippen molar-refractivity contribution in [2.75, 3.05) is 13.1 Å². The summed E-state index contributed by atoms with van der Waals surface area (Å²) in [5.41, 5.74) is 0. The fourth-order valence-corrected chi connectivity index (χ4v) is 3.12. The summed E-state index contributed by atoms with van der Waals surface area (Å²) in [5.74, 6) is 0. The largest absolute Gasteiger partial charge is 0.241 e. The zero-order valence-corrected chi connectivity index (χ0v) is 9.01. The quantitative estimate of drug-likeness (QED) is 0.498. The second-order valence-corrected chi connectivity index (χ2v) is 6.03. The molecule has 1 nitrogen and oxygen atoms in total. The maximum absolute atomic E-state index is 2.49. The molecule has 0 aromatic rings. The van der Waals surface area contributed by atoms with Crippen LogP contribution < -0.4 is 0 Å². The highest BCUT2D eigenvalue weighted by Crippen LogP contribution is 2.31. The van der Waals surface area contributed by atoms with Gasteiger partial charge in [-0.15, -0.1) is 0 Å². The molecule has 1 fully saturated rings. The molecule has 0 radical (unpaired) electrons. The number of nitrogens with zero attached hydrogens (tertiary/aromatic N) is 1. The highest BCUT2D eigenvalue weighted by Gasteiger charge is 2.10. The van der Waals surface area contributed by atoms with Crippen molar-refractivity contribution < 1.29 is 0 Å². The molecule has 1 aliphatic rings. The van der Waals surface area contributed by atoms with Gasteiger partial charge in [-0.05, 0) is 23.8 Å². The van der Waals surface area contributed by atoms with Crippen molar-refractivity contribution in [2.24, 2.45) is 0 Å². The molecule has 0 aliphatic carbocycles. The van der Waals surface area contributed by atoms with Crippen LogP contribution in [0.4, 0.5) is 0 Å². The Kier molecular flexibility index (Phi) is 4.72. The molecule has 3 heteroatoms. The van der Waals surface area contributed by atoms with Crippen LogP contribution in [0.15, 0.2) is 0 Å². The van der Waals surface area contributed by atoms with Crippen LogP contribution in [0.1, 0.15) is 33.1 Å². The molecule has 0 bridgehead atoms. The molecule has 0 saturated carbocycles. The van der Waals surface area contributed by atoms with Crippen LogP contribution in [-0.4, -0.2) is 22.6 Å². The molecule has 1 saturated heterocycles. The number of rotatable bonds is 3. The average Bonchev–Trinajstić information content (AvgIpc) is 2.03. The monoisotopic (exact) mass is 191 g/mol. The lowest BCUT2D eigenvalue weighted by molar-refractivity contribution is 0.383. The first-order chi connectivity index (χ1) is 5.29. The van der Waals surface area contributed by atoms with Gasteiger partial charge >= 0.3 is 0 Å². The molecule has 1 rings (SSSR count). The van der Waals surface area contributed by atoms with E-state index in [-0.39, 0.29) is 0 Å². The third-order valence-corrected chi connectivity index (χ3v) is 4.75. The first-order valence-electron chi connectivity index (χ1n) is 4.37. The molecule has 11 heavy (non-hydrogen) atoms. The Labute approximate surface area is 77.8 Å². The highest BCUT2D eigenvalue weighted by molar-refractivity contribution is 8.76. The van der Waals surface area contributed by atoms with Gasteiger partial charge in [0.25, 0.3) is 0 Å². The summed E-state index contributed by atoms with van der Waals surface area (Å²) in [6, 6.07) is 0. The molecule has 1 aliphatic heterocycles. The lowest BCUT2D eigenvalue weighted by atomic mass is 10.2. The van der Waals surface area contributed by atoms with Crippen molar-refractivity contribution in [1.82, 2.24) is 4.31 Å². The maximum Gasteiger partial charge on any atom is 0.0107 e. The summed E-state index contributed by atoms with van der Waals surface area (Å²) < 4.78 is 2.49. The van der Waals surface area contributed by atoms with Gasteiger partial charge in [-0.2, -0.15) is 0 Å². The fraction of sp³-hybridized carbons (Fsp3) is 1.00. The van der Waals surface area contributed by atoms with Crippen molar-refractivity contribution in [3.63, 3.8) is 0 Å². The third-order valence-electron chi connectivity index (χ3n) is 1.66. The van der Waals surface area contributed by atoms with E-state index >= 15 is 0 Å². The van der Waals surface area contributed by atoms with Gasteiger partial charge in [0.1, 0.15) is 0 Å². The minimum atomic E-state index is 0.752. The molecule has 0 atom stereocenters. The average molecular weight is 191 g/mol. The van der Waals surface area contributed by atoms with E-state index in [1.165, 1.54) is 32.4 Å². The summed E-state index contributed by atoms with van der Waals surface area (Å²) in [6.07, 6.45) is 4.22. The molecular formula is C8H17NS2. The second kappa shape index (κ2) is 5.33. The predicted octanol–water partition coefficient (Wildman–Crippen LogP) is 3.18. The van der Waals surface area contributed by atoms with Crippen LogP contribution >= 0.6 is 21.8 Å². The SMILES string of the molecule is CC(C)SSN1CCCCC1. The standard InChI is InChI=1S/C8H17NS2/c1-8(2)10-11-9-6-4-3-5-7-9/h8H,3-7H2,1-2H3. The van der Waals surface area contributed by atoms with Crippen molar-refractivity contribution >= 4 is 21.8 Å². The van der Waals surface area contributed by atoms with Gasteiger partial charge in [0.05, 0.1) is 0 Å². The van der Waals surface area contributed by atoms with E-state index < -0.39 is 0 Å². The van der Waals surface area contributed by atoms with E-state index in [4.69, 9.17) is 0 Å². The first-order valence-corrected chi connectivity index (χ1v) is 6.54. The predicted molar refractivity (Wildman–Crippen MR) is 55.7 cm³/mol. The van der Waals surface area contributed by atoms with Crippen molar-refractivity contribution in [2.45, 2.75) is 38.4 Å². The van der Waals surface area contributed by atoms with E-state index in [2.05, 4.69) is 18.2 Å². The number of piperidine rings is 1. The Hall–Kier alpha value is 0.660. The molecule has 0 N–H and O–H groups in total. The topological polar surface area (TPSA) is 3.24 Å². The van der Waals surface area contributed by atoms with Gasteiger partial charge in [0, 0.05) is 18.3 Å². The Morgan fingerprint density at radius 2 is 1.73 bits per heavy atom. The zero-order chi connectivity index (χ0) is 8.10. The minimum Gasteiger partial charge on any atom is -0.241 e. The minimum absolute atomic E-state index is 0.752.